The van der Waals surface area contributed by atoms with E-state index >= 15 is 0 Å². The van der Waals surface area contributed by atoms with Crippen LogP contribution in [0.4, 0.5) is 0 Å². The van der Waals surface area contributed by atoms with Crippen molar-refractivity contribution in [2.24, 2.45) is 46.8 Å². The summed E-state index contributed by atoms with van der Waals surface area (Å²) in [5, 5.41) is 0. The zero-order valence-electron chi connectivity index (χ0n) is 26.0. The van der Waals surface area contributed by atoms with E-state index in [9.17, 15) is 0 Å². The highest BCUT2D eigenvalue weighted by atomic mass is 14.7. The van der Waals surface area contributed by atoms with E-state index in [1.54, 1.807) is 38.9 Å². The van der Waals surface area contributed by atoms with E-state index < -0.39 is 0 Å². The molecule has 0 nitrogen and oxygen atoms in total. The van der Waals surface area contributed by atoms with Gasteiger partial charge >= 0.3 is 0 Å². The lowest BCUT2D eigenvalue weighted by atomic mass is 9.50. The first-order chi connectivity index (χ1) is 20.3. The zero-order valence-corrected chi connectivity index (χ0v) is 26.0. The van der Waals surface area contributed by atoms with Gasteiger partial charge in [-0.3, -0.25) is 0 Å². The standard InChI is InChI=1S/C42H48/c1-41(2)36-21-28(40-33-17-27-18-34(20-33)42(40,3)23-27)9-10-35(36)39-31(12-24-7-5-4-6-8-24)19-32(22-37(39)41)38-29-13-25-11-26(15-29)16-30(38)14-25/h4-10,19,21-22,25-27,29-30,33-34,38,40H,11-18,20,23H2,1-3H3. The van der Waals surface area contributed by atoms with Crippen molar-refractivity contribution >= 4 is 0 Å². The third kappa shape index (κ3) is 3.31. The molecule has 0 saturated heterocycles. The van der Waals surface area contributed by atoms with Gasteiger partial charge in [0.1, 0.15) is 0 Å². The summed E-state index contributed by atoms with van der Waals surface area (Å²) in [6, 6.07) is 24.7. The molecule has 0 radical (unpaired) electrons. The van der Waals surface area contributed by atoms with Gasteiger partial charge in [-0.15, -0.1) is 0 Å². The van der Waals surface area contributed by atoms with Gasteiger partial charge in [0.2, 0.25) is 0 Å². The Morgan fingerprint density at radius 3 is 2.10 bits per heavy atom. The van der Waals surface area contributed by atoms with E-state index in [1.165, 1.54) is 63.4 Å². The first kappa shape index (κ1) is 25.0. The lowest BCUT2D eigenvalue weighted by Crippen LogP contribution is -2.43. The van der Waals surface area contributed by atoms with Gasteiger partial charge in [0, 0.05) is 5.41 Å². The molecule has 0 spiro atoms. The summed E-state index contributed by atoms with van der Waals surface area (Å²) in [6.45, 7) is 7.79. The van der Waals surface area contributed by atoms with Crippen LogP contribution in [-0.4, -0.2) is 0 Å². The van der Waals surface area contributed by atoms with Crippen LogP contribution in [0.15, 0.2) is 60.7 Å². The molecule has 3 aromatic carbocycles. The molecule has 3 aromatic rings. The molecule has 216 valence electrons. The van der Waals surface area contributed by atoms with Crippen molar-refractivity contribution in [3.63, 3.8) is 0 Å². The van der Waals surface area contributed by atoms with Crippen molar-refractivity contribution in [3.8, 4) is 11.1 Å². The van der Waals surface area contributed by atoms with E-state index in [0.29, 0.717) is 5.41 Å². The van der Waals surface area contributed by atoms with Crippen molar-refractivity contribution in [2.45, 2.75) is 102 Å². The van der Waals surface area contributed by atoms with Gasteiger partial charge in [-0.1, -0.05) is 81.4 Å². The van der Waals surface area contributed by atoms with Crippen LogP contribution in [0.3, 0.4) is 0 Å². The van der Waals surface area contributed by atoms with Gasteiger partial charge in [-0.25, -0.2) is 0 Å². The van der Waals surface area contributed by atoms with Crippen molar-refractivity contribution < 1.29 is 0 Å². The Kier molecular flexibility index (Phi) is 5.02. The van der Waals surface area contributed by atoms with Gasteiger partial charge in [-0.2, -0.15) is 0 Å². The molecule has 5 atom stereocenters. The highest BCUT2D eigenvalue weighted by Gasteiger charge is 2.61. The van der Waals surface area contributed by atoms with Crippen molar-refractivity contribution in [1.82, 2.24) is 0 Å². The molecule has 8 saturated carbocycles. The number of hydrogen-bond donors (Lipinski definition) is 0. The summed E-state index contributed by atoms with van der Waals surface area (Å²) >= 11 is 0. The molecule has 8 fully saturated rings. The molecular formula is C42H48. The Morgan fingerprint density at radius 2 is 1.36 bits per heavy atom. The molecule has 0 aliphatic heterocycles. The summed E-state index contributed by atoms with van der Waals surface area (Å²) in [6.07, 6.45) is 14.6. The largest absolute Gasteiger partial charge is 0.0622 e. The molecule has 0 amide bonds. The van der Waals surface area contributed by atoms with E-state index in [4.69, 9.17) is 0 Å². The second kappa shape index (κ2) is 8.43. The van der Waals surface area contributed by atoms with Crippen molar-refractivity contribution in [1.29, 1.82) is 0 Å². The quantitative estimate of drug-likeness (QED) is 0.302. The lowest BCUT2D eigenvalue weighted by Gasteiger charge is -2.54. The van der Waals surface area contributed by atoms with Crippen LogP contribution in [0.5, 0.6) is 0 Å². The Morgan fingerprint density at radius 1 is 0.643 bits per heavy atom. The number of rotatable bonds is 4. The molecular weight excluding hydrogens is 504 g/mol. The predicted molar refractivity (Wildman–Crippen MR) is 173 cm³/mol. The first-order valence-electron chi connectivity index (χ1n) is 17.7. The molecule has 0 aromatic heterocycles. The van der Waals surface area contributed by atoms with E-state index in [-0.39, 0.29) is 5.41 Å². The van der Waals surface area contributed by atoms with Crippen LogP contribution in [0.25, 0.3) is 11.1 Å². The van der Waals surface area contributed by atoms with Gasteiger partial charge in [0.25, 0.3) is 0 Å². The monoisotopic (exact) mass is 552 g/mol. The smallest absolute Gasteiger partial charge is 0.0159 e. The maximum absolute atomic E-state index is 2.75. The summed E-state index contributed by atoms with van der Waals surface area (Å²) in [4.78, 5) is 0. The average Bonchev–Trinajstić information content (AvgIpc) is 3.42. The SMILES string of the molecule is CC1(C)c2cc(C3C4CC5CC(C4)C3(C)C5)ccc2-c2c(Cc3ccccc3)cc(C3C4CC5CC(C4)CC3C5)cc21. The molecule has 0 heterocycles. The van der Waals surface area contributed by atoms with Crippen LogP contribution in [-0.2, 0) is 11.8 Å². The van der Waals surface area contributed by atoms with Crippen LogP contribution in [0.2, 0.25) is 0 Å². The molecule has 42 heavy (non-hydrogen) atoms. The maximum Gasteiger partial charge on any atom is 0.0159 e. The summed E-state index contributed by atoms with van der Waals surface area (Å²) in [5.41, 5.74) is 13.4. The van der Waals surface area contributed by atoms with Crippen LogP contribution < -0.4 is 0 Å². The van der Waals surface area contributed by atoms with E-state index in [2.05, 4.69) is 81.4 Å². The van der Waals surface area contributed by atoms with Gasteiger partial charge < -0.3 is 0 Å². The second-order valence-electron chi connectivity index (χ2n) is 17.4. The Balaban J connectivity index is 1.11. The fraction of sp³-hybridized carbons (Fsp3) is 0.571. The highest BCUT2D eigenvalue weighted by Crippen LogP contribution is 2.71. The normalized spacial score (nSPS) is 41.0. The third-order valence-corrected chi connectivity index (χ3v) is 14.8. The van der Waals surface area contributed by atoms with E-state index in [0.717, 1.165) is 59.7 Å². The van der Waals surface area contributed by atoms with Gasteiger partial charge in [0.15, 0.2) is 0 Å². The number of benzene rings is 3. The second-order valence-corrected chi connectivity index (χ2v) is 17.4. The molecule has 5 unspecified atom stereocenters. The fourth-order valence-electron chi connectivity index (χ4n) is 13.6. The number of fused-ring (bicyclic) bond motifs is 3. The maximum atomic E-state index is 2.75. The van der Waals surface area contributed by atoms with Gasteiger partial charge in [-0.05, 0) is 167 Å². The highest BCUT2D eigenvalue weighted by molar-refractivity contribution is 5.84. The molecule has 12 rings (SSSR count). The minimum atomic E-state index is 0.0603. The Bertz CT molecular complexity index is 1560. The van der Waals surface area contributed by atoms with Crippen LogP contribution >= 0.6 is 0 Å². The predicted octanol–water partition coefficient (Wildman–Crippen LogP) is 10.7. The molecule has 9 aliphatic carbocycles. The average molecular weight is 553 g/mol. The van der Waals surface area contributed by atoms with Crippen molar-refractivity contribution in [2.75, 3.05) is 0 Å². The Hall–Kier alpha value is -2.34. The summed E-state index contributed by atoms with van der Waals surface area (Å²) in [5.74, 6) is 8.41. The number of hydrogen-bond acceptors (Lipinski definition) is 0. The van der Waals surface area contributed by atoms with Crippen molar-refractivity contribution in [3.05, 3.63) is 94.0 Å². The minimum absolute atomic E-state index is 0.0603. The summed E-state index contributed by atoms with van der Waals surface area (Å²) in [7, 11) is 0. The first-order valence-corrected chi connectivity index (χ1v) is 17.7. The molecule has 8 bridgehead atoms. The fourth-order valence-corrected chi connectivity index (χ4v) is 13.6. The zero-order chi connectivity index (χ0) is 28.0. The van der Waals surface area contributed by atoms with Crippen LogP contribution in [0.1, 0.15) is 124 Å². The lowest BCUT2D eigenvalue weighted by molar-refractivity contribution is -0.00282. The van der Waals surface area contributed by atoms with Crippen LogP contribution in [0, 0.1) is 46.8 Å². The topological polar surface area (TPSA) is 0 Å². The third-order valence-electron chi connectivity index (χ3n) is 14.8. The molecule has 9 aliphatic rings. The molecule has 0 heteroatoms. The minimum Gasteiger partial charge on any atom is -0.0622 e. The van der Waals surface area contributed by atoms with Gasteiger partial charge in [0.05, 0.1) is 0 Å². The molecule has 0 N–H and O–H groups in total. The summed E-state index contributed by atoms with van der Waals surface area (Å²) < 4.78 is 0. The van der Waals surface area contributed by atoms with E-state index in [1.807, 2.05) is 0 Å². The Labute approximate surface area is 253 Å².